The Morgan fingerprint density at radius 1 is 1.25 bits per heavy atom. The summed E-state index contributed by atoms with van der Waals surface area (Å²) < 4.78 is 0. The molecule has 1 aliphatic carbocycles. The van der Waals surface area contributed by atoms with E-state index < -0.39 is 5.97 Å². The van der Waals surface area contributed by atoms with E-state index in [-0.39, 0.29) is 5.41 Å². The molecule has 0 amide bonds. The SMILES string of the molecule is CC(C)(C)C=C(CC1CCCCC1)C(=O)O. The van der Waals surface area contributed by atoms with Crippen molar-refractivity contribution in [2.45, 2.75) is 59.3 Å². The van der Waals surface area contributed by atoms with Crippen molar-refractivity contribution in [3.63, 3.8) is 0 Å². The summed E-state index contributed by atoms with van der Waals surface area (Å²) in [7, 11) is 0. The zero-order valence-electron chi connectivity index (χ0n) is 10.8. The normalized spacial score (nSPS) is 19.8. The molecule has 1 aliphatic rings. The zero-order valence-corrected chi connectivity index (χ0v) is 10.8. The summed E-state index contributed by atoms with van der Waals surface area (Å²) in [6.45, 7) is 6.16. The van der Waals surface area contributed by atoms with Gasteiger partial charge in [-0.2, -0.15) is 0 Å². The summed E-state index contributed by atoms with van der Waals surface area (Å²) in [5, 5.41) is 9.20. The van der Waals surface area contributed by atoms with Crippen LogP contribution >= 0.6 is 0 Å². The molecular formula is C14H24O2. The van der Waals surface area contributed by atoms with E-state index in [9.17, 15) is 9.90 Å². The Balaban J connectivity index is 2.64. The van der Waals surface area contributed by atoms with Crippen LogP contribution in [0.1, 0.15) is 59.3 Å². The van der Waals surface area contributed by atoms with Crippen LogP contribution in [0.4, 0.5) is 0 Å². The summed E-state index contributed by atoms with van der Waals surface area (Å²) in [6.07, 6.45) is 8.95. The van der Waals surface area contributed by atoms with Crippen LogP contribution in [0.2, 0.25) is 0 Å². The minimum absolute atomic E-state index is 0.0393. The standard InChI is InChI=1S/C14H24O2/c1-14(2,3)10-12(13(15)16)9-11-7-5-4-6-8-11/h10-11H,4-9H2,1-3H3,(H,15,16). The molecule has 2 nitrogen and oxygen atoms in total. The Kier molecular flexibility index (Phi) is 4.57. The van der Waals surface area contributed by atoms with Crippen LogP contribution in [0.15, 0.2) is 11.6 Å². The number of aliphatic carboxylic acids is 1. The molecule has 0 aromatic rings. The maximum absolute atomic E-state index is 11.2. The first-order valence-electron chi connectivity index (χ1n) is 6.33. The molecular weight excluding hydrogens is 200 g/mol. The van der Waals surface area contributed by atoms with Gasteiger partial charge in [0.25, 0.3) is 0 Å². The zero-order chi connectivity index (χ0) is 12.2. The molecule has 1 rings (SSSR count). The van der Waals surface area contributed by atoms with E-state index in [1.807, 2.05) is 6.08 Å². The minimum Gasteiger partial charge on any atom is -0.478 e. The van der Waals surface area contributed by atoms with Crippen LogP contribution in [0.3, 0.4) is 0 Å². The smallest absolute Gasteiger partial charge is 0.331 e. The van der Waals surface area contributed by atoms with Gasteiger partial charge in [-0.05, 0) is 17.8 Å². The van der Waals surface area contributed by atoms with Gasteiger partial charge in [0.05, 0.1) is 0 Å². The first-order chi connectivity index (χ1) is 7.38. The van der Waals surface area contributed by atoms with Crippen molar-refractivity contribution < 1.29 is 9.90 Å². The summed E-state index contributed by atoms with van der Waals surface area (Å²) in [5.74, 6) is -0.140. The van der Waals surface area contributed by atoms with Crippen LogP contribution in [0, 0.1) is 11.3 Å². The number of carbonyl (C=O) groups is 1. The highest BCUT2D eigenvalue weighted by molar-refractivity contribution is 5.86. The fourth-order valence-electron chi connectivity index (χ4n) is 2.43. The first kappa shape index (κ1) is 13.3. The van der Waals surface area contributed by atoms with E-state index in [0.717, 1.165) is 6.42 Å². The largest absolute Gasteiger partial charge is 0.478 e. The summed E-state index contributed by atoms with van der Waals surface area (Å²) in [6, 6.07) is 0. The molecule has 2 heteroatoms. The molecule has 0 spiro atoms. The van der Waals surface area contributed by atoms with Gasteiger partial charge in [0.2, 0.25) is 0 Å². The molecule has 0 bridgehead atoms. The number of rotatable bonds is 3. The molecule has 1 N–H and O–H groups in total. The number of allylic oxidation sites excluding steroid dienone is 1. The Bertz CT molecular complexity index is 265. The predicted octanol–water partition coefficient (Wildman–Crippen LogP) is 4.01. The lowest BCUT2D eigenvalue weighted by Crippen LogP contribution is -2.14. The lowest BCUT2D eigenvalue weighted by molar-refractivity contribution is -0.133. The number of hydrogen-bond donors (Lipinski definition) is 1. The average Bonchev–Trinajstić information content (AvgIpc) is 2.16. The Hall–Kier alpha value is -0.790. The van der Waals surface area contributed by atoms with Gasteiger partial charge < -0.3 is 5.11 Å². The van der Waals surface area contributed by atoms with E-state index in [2.05, 4.69) is 20.8 Å². The molecule has 1 fully saturated rings. The number of carboxylic acids is 1. The van der Waals surface area contributed by atoms with Gasteiger partial charge in [-0.15, -0.1) is 0 Å². The molecule has 0 radical (unpaired) electrons. The molecule has 0 atom stereocenters. The highest BCUT2D eigenvalue weighted by atomic mass is 16.4. The van der Waals surface area contributed by atoms with Crippen LogP contribution in [-0.2, 0) is 4.79 Å². The molecule has 92 valence electrons. The van der Waals surface area contributed by atoms with Crippen LogP contribution in [0.25, 0.3) is 0 Å². The Morgan fingerprint density at radius 2 is 1.81 bits per heavy atom. The van der Waals surface area contributed by atoms with E-state index in [1.54, 1.807) is 0 Å². The third-order valence-electron chi connectivity index (χ3n) is 3.12. The topological polar surface area (TPSA) is 37.3 Å². The maximum atomic E-state index is 11.2. The van der Waals surface area contributed by atoms with Crippen molar-refractivity contribution in [1.29, 1.82) is 0 Å². The van der Waals surface area contributed by atoms with Gasteiger partial charge in [-0.3, -0.25) is 0 Å². The molecule has 1 saturated carbocycles. The van der Waals surface area contributed by atoms with Gasteiger partial charge in [-0.1, -0.05) is 59.0 Å². The monoisotopic (exact) mass is 224 g/mol. The van der Waals surface area contributed by atoms with Gasteiger partial charge in [-0.25, -0.2) is 4.79 Å². The van der Waals surface area contributed by atoms with E-state index >= 15 is 0 Å². The van der Waals surface area contributed by atoms with Crippen molar-refractivity contribution in [2.75, 3.05) is 0 Å². The summed E-state index contributed by atoms with van der Waals surface area (Å²) in [5.41, 5.74) is 0.571. The predicted molar refractivity (Wildman–Crippen MR) is 66.4 cm³/mol. The van der Waals surface area contributed by atoms with Crippen LogP contribution < -0.4 is 0 Å². The van der Waals surface area contributed by atoms with Crippen molar-refractivity contribution in [1.82, 2.24) is 0 Å². The molecule has 0 aromatic carbocycles. The molecule has 0 saturated heterocycles. The number of hydrogen-bond acceptors (Lipinski definition) is 1. The molecule has 0 unspecified atom stereocenters. The van der Waals surface area contributed by atoms with Crippen molar-refractivity contribution in [3.8, 4) is 0 Å². The van der Waals surface area contributed by atoms with Gasteiger partial charge in [0.15, 0.2) is 0 Å². The van der Waals surface area contributed by atoms with Crippen LogP contribution in [-0.4, -0.2) is 11.1 Å². The lowest BCUT2D eigenvalue weighted by atomic mass is 9.83. The van der Waals surface area contributed by atoms with Gasteiger partial charge >= 0.3 is 5.97 Å². The van der Waals surface area contributed by atoms with Crippen molar-refractivity contribution in [2.24, 2.45) is 11.3 Å². The Morgan fingerprint density at radius 3 is 2.25 bits per heavy atom. The summed E-state index contributed by atoms with van der Waals surface area (Å²) in [4.78, 5) is 11.2. The molecule has 0 aliphatic heterocycles. The fourth-order valence-corrected chi connectivity index (χ4v) is 2.43. The second-order valence-corrected chi connectivity index (χ2v) is 6.05. The van der Waals surface area contributed by atoms with Gasteiger partial charge in [0, 0.05) is 5.57 Å². The maximum Gasteiger partial charge on any atom is 0.331 e. The quantitative estimate of drug-likeness (QED) is 0.735. The van der Waals surface area contributed by atoms with E-state index in [0.29, 0.717) is 11.5 Å². The van der Waals surface area contributed by atoms with Crippen LogP contribution in [0.5, 0.6) is 0 Å². The van der Waals surface area contributed by atoms with E-state index in [1.165, 1.54) is 32.1 Å². The average molecular weight is 224 g/mol. The minimum atomic E-state index is -0.736. The third-order valence-corrected chi connectivity index (χ3v) is 3.12. The summed E-state index contributed by atoms with van der Waals surface area (Å²) >= 11 is 0. The lowest BCUT2D eigenvalue weighted by Gasteiger charge is -2.23. The molecule has 0 heterocycles. The Labute approximate surface area is 98.7 Å². The number of carboxylic acid groups (broad SMARTS) is 1. The van der Waals surface area contributed by atoms with E-state index in [4.69, 9.17) is 0 Å². The second kappa shape index (κ2) is 5.51. The van der Waals surface area contributed by atoms with Crippen molar-refractivity contribution >= 4 is 5.97 Å². The highest BCUT2D eigenvalue weighted by Crippen LogP contribution is 2.30. The second-order valence-electron chi connectivity index (χ2n) is 6.05. The third kappa shape index (κ3) is 4.82. The molecule has 0 aromatic heterocycles. The highest BCUT2D eigenvalue weighted by Gasteiger charge is 2.20. The molecule has 16 heavy (non-hydrogen) atoms. The van der Waals surface area contributed by atoms with Gasteiger partial charge in [0.1, 0.15) is 0 Å². The fraction of sp³-hybridized carbons (Fsp3) is 0.786. The first-order valence-corrected chi connectivity index (χ1v) is 6.33. The van der Waals surface area contributed by atoms with Crippen molar-refractivity contribution in [3.05, 3.63) is 11.6 Å².